The Balaban J connectivity index is 1.13. The lowest BCUT2D eigenvalue weighted by molar-refractivity contribution is 0.669. The van der Waals surface area contributed by atoms with Gasteiger partial charge in [0.05, 0.1) is 22.1 Å². The highest BCUT2D eigenvalue weighted by Crippen LogP contribution is 2.37. The van der Waals surface area contributed by atoms with Crippen molar-refractivity contribution in [1.82, 2.24) is 24.1 Å². The molecule has 0 bridgehead atoms. The van der Waals surface area contributed by atoms with Crippen LogP contribution in [0.5, 0.6) is 0 Å². The van der Waals surface area contributed by atoms with Gasteiger partial charge in [0.25, 0.3) is 0 Å². The van der Waals surface area contributed by atoms with Crippen molar-refractivity contribution < 1.29 is 4.42 Å². The second kappa shape index (κ2) is 10.7. The zero-order chi connectivity index (χ0) is 33.5. The number of fused-ring (bicyclic) bond motifs is 9. The fourth-order valence-corrected chi connectivity index (χ4v) is 7.69. The summed E-state index contributed by atoms with van der Waals surface area (Å²) in [5.41, 5.74) is 8.96. The summed E-state index contributed by atoms with van der Waals surface area (Å²) in [6.07, 6.45) is 0. The van der Waals surface area contributed by atoms with E-state index in [4.69, 9.17) is 19.4 Å². The number of hydrogen-bond donors (Lipinski definition) is 0. The van der Waals surface area contributed by atoms with E-state index in [1.807, 2.05) is 42.5 Å². The van der Waals surface area contributed by atoms with Crippen LogP contribution in [0.2, 0.25) is 0 Å². The van der Waals surface area contributed by atoms with Crippen molar-refractivity contribution in [3.05, 3.63) is 164 Å². The van der Waals surface area contributed by atoms with Crippen LogP contribution in [0, 0.1) is 0 Å². The molecule has 4 heterocycles. The summed E-state index contributed by atoms with van der Waals surface area (Å²) in [5.74, 6) is 1.78. The Morgan fingerprint density at radius 1 is 0.353 bits per heavy atom. The topological polar surface area (TPSA) is 61.7 Å². The highest BCUT2D eigenvalue weighted by atomic mass is 16.3. The average Bonchev–Trinajstić information content (AvgIpc) is 3.85. The Morgan fingerprint density at radius 3 is 1.41 bits per heavy atom. The lowest BCUT2D eigenvalue weighted by Gasteiger charge is -2.11. The third-order valence-corrected chi connectivity index (χ3v) is 9.98. The van der Waals surface area contributed by atoms with Gasteiger partial charge >= 0.3 is 0 Å². The van der Waals surface area contributed by atoms with E-state index in [-0.39, 0.29) is 0 Å². The Labute approximate surface area is 291 Å². The molecule has 0 N–H and O–H groups in total. The first kappa shape index (κ1) is 27.9. The average molecular weight is 654 g/mol. The summed E-state index contributed by atoms with van der Waals surface area (Å²) < 4.78 is 10.9. The van der Waals surface area contributed by atoms with Crippen molar-refractivity contribution >= 4 is 65.6 Å². The molecule has 0 fully saturated rings. The maximum absolute atomic E-state index is 6.40. The van der Waals surface area contributed by atoms with Crippen LogP contribution in [0.25, 0.3) is 100.0 Å². The van der Waals surface area contributed by atoms with Crippen LogP contribution in [-0.4, -0.2) is 24.1 Å². The summed E-state index contributed by atoms with van der Waals surface area (Å²) in [6, 6.07) is 56.7. The minimum absolute atomic E-state index is 0.571. The second-order valence-corrected chi connectivity index (χ2v) is 12.9. The predicted molar refractivity (Wildman–Crippen MR) is 207 cm³/mol. The van der Waals surface area contributed by atoms with Crippen molar-refractivity contribution in [2.45, 2.75) is 0 Å². The molecule has 0 aliphatic carbocycles. The first-order chi connectivity index (χ1) is 25.3. The van der Waals surface area contributed by atoms with E-state index in [2.05, 4.69) is 130 Å². The molecule has 51 heavy (non-hydrogen) atoms. The number of furan rings is 1. The Kier molecular flexibility index (Phi) is 5.86. The molecule has 0 saturated carbocycles. The molecule has 11 aromatic rings. The maximum atomic E-state index is 6.40. The van der Waals surface area contributed by atoms with E-state index in [1.54, 1.807) is 0 Å². The molecular weight excluding hydrogens is 627 g/mol. The van der Waals surface area contributed by atoms with Crippen molar-refractivity contribution in [3.8, 4) is 34.4 Å². The maximum Gasteiger partial charge on any atom is 0.238 e. The van der Waals surface area contributed by atoms with Crippen LogP contribution in [0.4, 0.5) is 0 Å². The van der Waals surface area contributed by atoms with Gasteiger partial charge in [-0.2, -0.15) is 9.97 Å². The number of para-hydroxylation sites is 4. The van der Waals surface area contributed by atoms with Gasteiger partial charge in [0.2, 0.25) is 5.95 Å². The van der Waals surface area contributed by atoms with Gasteiger partial charge in [-0.1, -0.05) is 103 Å². The van der Waals surface area contributed by atoms with Gasteiger partial charge in [-0.25, -0.2) is 4.98 Å². The Morgan fingerprint density at radius 2 is 0.824 bits per heavy atom. The fraction of sp³-hybridized carbons (Fsp3) is 0. The zero-order valence-corrected chi connectivity index (χ0v) is 27.2. The van der Waals surface area contributed by atoms with Gasteiger partial charge in [-0.05, 0) is 60.7 Å². The molecule has 0 aliphatic rings. The Bertz CT molecular complexity index is 3040. The van der Waals surface area contributed by atoms with Crippen molar-refractivity contribution in [2.24, 2.45) is 0 Å². The second-order valence-electron chi connectivity index (χ2n) is 12.9. The number of aromatic nitrogens is 5. The predicted octanol–water partition coefficient (Wildman–Crippen LogP) is 11.3. The van der Waals surface area contributed by atoms with Crippen LogP contribution in [-0.2, 0) is 0 Å². The van der Waals surface area contributed by atoms with Crippen LogP contribution >= 0.6 is 0 Å². The quantitative estimate of drug-likeness (QED) is 0.190. The minimum Gasteiger partial charge on any atom is -0.456 e. The summed E-state index contributed by atoms with van der Waals surface area (Å²) in [4.78, 5) is 15.3. The van der Waals surface area contributed by atoms with Gasteiger partial charge in [-0.3, -0.25) is 4.57 Å². The largest absolute Gasteiger partial charge is 0.456 e. The zero-order valence-electron chi connectivity index (χ0n) is 27.2. The molecule has 0 saturated heterocycles. The lowest BCUT2D eigenvalue weighted by Crippen LogP contribution is -2.06. The van der Waals surface area contributed by atoms with E-state index in [0.29, 0.717) is 17.6 Å². The first-order valence-electron chi connectivity index (χ1n) is 17.0. The molecule has 238 valence electrons. The molecule has 0 unspecified atom stereocenters. The molecule has 11 rings (SSSR count). The van der Waals surface area contributed by atoms with Gasteiger partial charge in [0.15, 0.2) is 11.6 Å². The smallest absolute Gasteiger partial charge is 0.238 e. The van der Waals surface area contributed by atoms with E-state index in [9.17, 15) is 0 Å². The van der Waals surface area contributed by atoms with Crippen molar-refractivity contribution in [3.63, 3.8) is 0 Å². The molecule has 4 aromatic heterocycles. The monoisotopic (exact) mass is 653 g/mol. The molecule has 0 aliphatic heterocycles. The molecule has 0 atom stereocenters. The van der Waals surface area contributed by atoms with Gasteiger partial charge in [-0.15, -0.1) is 0 Å². The molecule has 0 radical (unpaired) electrons. The minimum atomic E-state index is 0.571. The summed E-state index contributed by atoms with van der Waals surface area (Å²) in [6.45, 7) is 0. The number of nitrogens with zero attached hydrogens (tertiary/aromatic N) is 5. The molecule has 0 spiro atoms. The van der Waals surface area contributed by atoms with Gasteiger partial charge in [0, 0.05) is 49.1 Å². The van der Waals surface area contributed by atoms with E-state index >= 15 is 0 Å². The van der Waals surface area contributed by atoms with E-state index in [1.165, 1.54) is 21.8 Å². The normalized spacial score (nSPS) is 11.9. The van der Waals surface area contributed by atoms with E-state index in [0.717, 1.165) is 60.6 Å². The van der Waals surface area contributed by atoms with Crippen LogP contribution in [0.3, 0.4) is 0 Å². The summed E-state index contributed by atoms with van der Waals surface area (Å²) >= 11 is 0. The highest BCUT2D eigenvalue weighted by Gasteiger charge is 2.19. The highest BCUT2D eigenvalue weighted by molar-refractivity contribution is 6.11. The first-order valence-corrected chi connectivity index (χ1v) is 17.0. The third kappa shape index (κ3) is 4.20. The molecule has 6 heteroatoms. The van der Waals surface area contributed by atoms with E-state index < -0.39 is 0 Å². The van der Waals surface area contributed by atoms with Crippen LogP contribution in [0.15, 0.2) is 168 Å². The molecular formula is C45H27N5O. The Hall–Kier alpha value is -7.05. The summed E-state index contributed by atoms with van der Waals surface area (Å²) in [5, 5.41) is 6.81. The van der Waals surface area contributed by atoms with Crippen molar-refractivity contribution in [2.75, 3.05) is 0 Å². The molecule has 6 nitrogen and oxygen atoms in total. The van der Waals surface area contributed by atoms with Crippen LogP contribution in [0.1, 0.15) is 0 Å². The van der Waals surface area contributed by atoms with Crippen LogP contribution < -0.4 is 0 Å². The van der Waals surface area contributed by atoms with Gasteiger partial charge in [0.1, 0.15) is 11.2 Å². The summed E-state index contributed by atoms with van der Waals surface area (Å²) in [7, 11) is 0. The standard InChI is InChI=1S/C45H27N5O/c1-2-12-28(13-3-1)43-46-44(48-45(47-43)50-39-20-10-6-16-33(39)34-17-7-11-21-40(34)50)29-22-24-41-35(26-29)36-27-30(23-25-42(36)51-41)49-37-18-8-4-14-31(37)32-15-5-9-19-38(32)49/h1-27H. The van der Waals surface area contributed by atoms with Gasteiger partial charge < -0.3 is 8.98 Å². The van der Waals surface area contributed by atoms with Crippen molar-refractivity contribution in [1.29, 1.82) is 0 Å². The molecule has 7 aromatic carbocycles. The number of rotatable bonds is 4. The SMILES string of the molecule is c1ccc(-c2nc(-c3ccc4oc5ccc(-n6c7ccccc7c7ccccc76)cc5c4c3)nc(-n3c4ccccc4c4ccccc43)n2)cc1. The lowest BCUT2D eigenvalue weighted by atomic mass is 10.1. The third-order valence-electron chi connectivity index (χ3n) is 9.98. The fourth-order valence-electron chi connectivity index (χ4n) is 7.69. The number of benzene rings is 7. The number of hydrogen-bond acceptors (Lipinski definition) is 4. The molecule has 0 amide bonds.